The average molecular weight is 315 g/mol. The minimum absolute atomic E-state index is 0.154. The van der Waals surface area contributed by atoms with Crippen molar-refractivity contribution in [2.45, 2.75) is 25.9 Å². The average Bonchev–Trinajstić information content (AvgIpc) is 2.41. The van der Waals surface area contributed by atoms with Gasteiger partial charge in [-0.15, -0.1) is 0 Å². The molecule has 6 heteroatoms. The molecule has 0 saturated heterocycles. The Bertz CT molecular complexity index is 458. The van der Waals surface area contributed by atoms with Crippen LogP contribution in [0.5, 0.6) is 0 Å². The van der Waals surface area contributed by atoms with Crippen LogP contribution in [-0.2, 0) is 13.6 Å². The molecule has 0 saturated carbocycles. The van der Waals surface area contributed by atoms with Crippen LogP contribution < -0.4 is 4.89 Å². The van der Waals surface area contributed by atoms with Gasteiger partial charge in [-0.3, -0.25) is 4.57 Å². The molecular weight excluding hydrogens is 289 g/mol. The Hall–Kier alpha value is -0.710. The predicted octanol–water partition coefficient (Wildman–Crippen LogP) is 2.74. The predicted molar refractivity (Wildman–Crippen MR) is 81.6 cm³/mol. The first-order chi connectivity index (χ1) is 9.73. The molecule has 2 atom stereocenters. The van der Waals surface area contributed by atoms with Gasteiger partial charge in [-0.1, -0.05) is 37.3 Å². The summed E-state index contributed by atoms with van der Waals surface area (Å²) in [5.74, 6) is 0. The monoisotopic (exact) mass is 315 g/mol. The molecule has 1 aromatic carbocycles. The van der Waals surface area contributed by atoms with Crippen LogP contribution in [0.4, 0.5) is 0 Å². The Labute approximate surface area is 127 Å². The van der Waals surface area contributed by atoms with Gasteiger partial charge in [-0.25, -0.2) is 0 Å². The van der Waals surface area contributed by atoms with E-state index >= 15 is 0 Å². The van der Waals surface area contributed by atoms with Crippen molar-refractivity contribution >= 4 is 7.82 Å². The summed E-state index contributed by atoms with van der Waals surface area (Å²) in [4.78, 5) is 11.9. The van der Waals surface area contributed by atoms with E-state index < -0.39 is 13.9 Å². The Morgan fingerprint density at radius 3 is 2.38 bits per heavy atom. The lowest BCUT2D eigenvalue weighted by Crippen LogP contribution is -2.35. The van der Waals surface area contributed by atoms with E-state index in [1.807, 2.05) is 37.3 Å². The van der Waals surface area contributed by atoms with Crippen molar-refractivity contribution in [3.63, 3.8) is 0 Å². The van der Waals surface area contributed by atoms with Gasteiger partial charge < -0.3 is 18.4 Å². The minimum atomic E-state index is -4.27. The van der Waals surface area contributed by atoms with Crippen LogP contribution in [0.25, 0.3) is 0 Å². The molecule has 0 aliphatic heterocycles. The maximum absolute atomic E-state index is 11.9. The van der Waals surface area contributed by atoms with E-state index in [-0.39, 0.29) is 6.61 Å². The highest BCUT2D eigenvalue weighted by atomic mass is 31.2. The molecule has 0 bridgehead atoms. The summed E-state index contributed by atoms with van der Waals surface area (Å²) in [5.41, 5.74) is 0.839. The second-order valence-corrected chi connectivity index (χ2v) is 7.42. The molecule has 0 aromatic heterocycles. The van der Waals surface area contributed by atoms with Crippen molar-refractivity contribution < 1.29 is 23.0 Å². The number of quaternary nitrogens is 1. The summed E-state index contributed by atoms with van der Waals surface area (Å²) >= 11 is 0. The molecule has 5 nitrogen and oxygen atoms in total. The summed E-state index contributed by atoms with van der Waals surface area (Å²) < 4.78 is 22.8. The Balaban J connectivity index is 2.49. The topological polar surface area (TPSA) is 58.6 Å². The molecule has 0 heterocycles. The molecule has 0 radical (unpaired) electrons. The molecule has 0 fully saturated rings. The fourth-order valence-corrected chi connectivity index (χ4v) is 2.94. The van der Waals surface area contributed by atoms with E-state index in [1.54, 1.807) is 0 Å². The van der Waals surface area contributed by atoms with Crippen LogP contribution in [0.2, 0.25) is 0 Å². The third-order valence-corrected chi connectivity index (χ3v) is 4.03. The first-order valence-corrected chi connectivity index (χ1v) is 8.69. The van der Waals surface area contributed by atoms with Crippen molar-refractivity contribution in [1.29, 1.82) is 0 Å². The first kappa shape index (κ1) is 18.3. The summed E-state index contributed by atoms with van der Waals surface area (Å²) in [6, 6.07) is 9.31. The maximum atomic E-state index is 11.9. The highest BCUT2D eigenvalue weighted by molar-refractivity contribution is 7.45. The molecule has 0 spiro atoms. The van der Waals surface area contributed by atoms with Crippen LogP contribution in [0, 0.1) is 0 Å². The third-order valence-electron chi connectivity index (χ3n) is 3.02. The third kappa shape index (κ3) is 7.74. The van der Waals surface area contributed by atoms with Gasteiger partial charge in [0.2, 0.25) is 0 Å². The van der Waals surface area contributed by atoms with Crippen LogP contribution in [0.15, 0.2) is 30.3 Å². The van der Waals surface area contributed by atoms with Gasteiger partial charge >= 0.3 is 0 Å². The molecule has 0 aliphatic carbocycles. The zero-order valence-corrected chi connectivity index (χ0v) is 14.2. The molecule has 2 unspecified atom stereocenters. The van der Waals surface area contributed by atoms with Gasteiger partial charge in [0, 0.05) is 6.42 Å². The first-order valence-electron chi connectivity index (χ1n) is 7.23. The van der Waals surface area contributed by atoms with Crippen molar-refractivity contribution in [2.24, 2.45) is 0 Å². The second-order valence-electron chi connectivity index (χ2n) is 6.06. The zero-order chi connectivity index (χ0) is 15.9. The minimum Gasteiger partial charge on any atom is -0.756 e. The summed E-state index contributed by atoms with van der Waals surface area (Å²) in [6.45, 7) is 2.88. The number of hydrogen-bond donors (Lipinski definition) is 0. The van der Waals surface area contributed by atoms with Gasteiger partial charge in [0.25, 0.3) is 7.82 Å². The standard InChI is InChI=1S/C15H26NO4P/c1-5-15(14-10-7-6-8-11-14)20-21(17,18)19-13-9-12-16(2,3)4/h6-8,10-11,15H,5,9,12-13H2,1-4H3. The smallest absolute Gasteiger partial charge is 0.268 e. The molecular formula is C15H26NO4P. The van der Waals surface area contributed by atoms with E-state index in [1.165, 1.54) is 0 Å². The number of rotatable bonds is 9. The highest BCUT2D eigenvalue weighted by Gasteiger charge is 2.18. The lowest BCUT2D eigenvalue weighted by molar-refractivity contribution is -0.870. The maximum Gasteiger partial charge on any atom is 0.268 e. The quantitative estimate of drug-likeness (QED) is 0.399. The Morgan fingerprint density at radius 1 is 1.24 bits per heavy atom. The number of phosphoric ester groups is 1. The normalized spacial score (nSPS) is 16.4. The molecule has 1 rings (SSSR count). The number of benzene rings is 1. The van der Waals surface area contributed by atoms with Gasteiger partial charge in [-0.05, 0) is 12.0 Å². The SMILES string of the molecule is CCC(OP(=O)([O-])OCCC[N+](C)(C)C)c1ccccc1. The fraction of sp³-hybridized carbons (Fsp3) is 0.600. The molecule has 21 heavy (non-hydrogen) atoms. The number of hydrogen-bond acceptors (Lipinski definition) is 4. The van der Waals surface area contributed by atoms with E-state index in [4.69, 9.17) is 9.05 Å². The van der Waals surface area contributed by atoms with Crippen LogP contribution in [0.3, 0.4) is 0 Å². The lowest BCUT2D eigenvalue weighted by atomic mass is 10.1. The fourth-order valence-electron chi connectivity index (χ4n) is 1.94. The van der Waals surface area contributed by atoms with E-state index in [9.17, 15) is 9.46 Å². The lowest BCUT2D eigenvalue weighted by Gasteiger charge is -2.29. The Morgan fingerprint density at radius 2 is 1.86 bits per heavy atom. The molecule has 1 aromatic rings. The summed E-state index contributed by atoms with van der Waals surface area (Å²) in [5, 5.41) is 0. The van der Waals surface area contributed by atoms with Gasteiger partial charge in [0.1, 0.15) is 0 Å². The van der Waals surface area contributed by atoms with Crippen LogP contribution in [-0.4, -0.2) is 38.8 Å². The van der Waals surface area contributed by atoms with Gasteiger partial charge in [0.15, 0.2) is 0 Å². The van der Waals surface area contributed by atoms with E-state index in [2.05, 4.69) is 21.1 Å². The number of phosphoric acid groups is 1. The molecule has 0 amide bonds. The summed E-state index contributed by atoms with van der Waals surface area (Å²) in [7, 11) is 1.88. The largest absolute Gasteiger partial charge is 0.756 e. The van der Waals surface area contributed by atoms with Crippen molar-refractivity contribution in [2.75, 3.05) is 34.3 Å². The van der Waals surface area contributed by atoms with Crippen molar-refractivity contribution in [3.8, 4) is 0 Å². The van der Waals surface area contributed by atoms with Gasteiger partial charge in [0.05, 0.1) is 40.4 Å². The second kappa shape index (κ2) is 8.06. The van der Waals surface area contributed by atoms with E-state index in [0.717, 1.165) is 16.6 Å². The van der Waals surface area contributed by atoms with Crippen molar-refractivity contribution in [3.05, 3.63) is 35.9 Å². The molecule has 0 aliphatic rings. The number of nitrogens with zero attached hydrogens (tertiary/aromatic N) is 1. The van der Waals surface area contributed by atoms with E-state index in [0.29, 0.717) is 12.8 Å². The highest BCUT2D eigenvalue weighted by Crippen LogP contribution is 2.44. The molecule has 120 valence electrons. The molecule has 0 N–H and O–H groups in total. The van der Waals surface area contributed by atoms with Crippen LogP contribution in [0.1, 0.15) is 31.4 Å². The van der Waals surface area contributed by atoms with Crippen molar-refractivity contribution in [1.82, 2.24) is 0 Å². The zero-order valence-electron chi connectivity index (χ0n) is 13.3. The Kier molecular flexibility index (Phi) is 7.04. The van der Waals surface area contributed by atoms with Crippen LogP contribution >= 0.6 is 7.82 Å². The van der Waals surface area contributed by atoms with Gasteiger partial charge in [-0.2, -0.15) is 0 Å². The summed E-state index contributed by atoms with van der Waals surface area (Å²) in [6.07, 6.45) is 0.743.